The van der Waals surface area contributed by atoms with Gasteiger partial charge in [-0.3, -0.25) is 0 Å². The number of rotatable bonds is 13. The topological polar surface area (TPSA) is 70.4 Å². The quantitative estimate of drug-likeness (QED) is 0.0463. The molecule has 0 amide bonds. The minimum Gasteiger partial charge on any atom is -0.402 e. The van der Waals surface area contributed by atoms with E-state index in [0.29, 0.717) is 0 Å². The van der Waals surface area contributed by atoms with Gasteiger partial charge in [0.05, 0.1) is 44.5 Å². The molecule has 628 valence electrons. The molecule has 0 saturated carbocycles. The maximum atomic E-state index is 13.4. The lowest BCUT2D eigenvalue weighted by Crippen LogP contribution is -2.21. The van der Waals surface area contributed by atoms with Crippen LogP contribution >= 0.6 is 0 Å². The predicted molar refractivity (Wildman–Crippen MR) is 319 cm³/mol. The van der Waals surface area contributed by atoms with Gasteiger partial charge in [-0.15, -0.1) is 0 Å². The summed E-state index contributed by atoms with van der Waals surface area (Å²) in [6, 6.07) is 0. The highest BCUT2D eigenvalue weighted by molar-refractivity contribution is 6.30. The van der Waals surface area contributed by atoms with Crippen LogP contribution in [0.1, 0.15) is 62.3 Å². The zero-order valence-corrected chi connectivity index (χ0v) is 57.7. The third-order valence-corrected chi connectivity index (χ3v) is 14.7. The van der Waals surface area contributed by atoms with Crippen molar-refractivity contribution < 1.29 is 191 Å². The molecule has 0 aliphatic heterocycles. The summed E-state index contributed by atoms with van der Waals surface area (Å²) in [5, 5.41) is 21.5. The van der Waals surface area contributed by atoms with Crippen LogP contribution in [0.5, 0.6) is 0 Å². The van der Waals surface area contributed by atoms with E-state index in [2.05, 4.69) is 77.0 Å². The molecule has 0 bridgehead atoms. The van der Waals surface area contributed by atoms with Crippen molar-refractivity contribution in [2.75, 3.05) is 58.9 Å². The van der Waals surface area contributed by atoms with Gasteiger partial charge in [-0.1, -0.05) is 62.3 Å². The van der Waals surface area contributed by atoms with E-state index in [0.717, 1.165) is 0 Å². The first-order valence-corrected chi connectivity index (χ1v) is 30.5. The molecule has 0 heterocycles. The molecule has 0 unspecified atom stereocenters. The van der Waals surface area contributed by atoms with Gasteiger partial charge in [-0.05, 0) is 58.9 Å². The average molecular weight is 1700 g/mol. The molecule has 0 radical (unpaired) electrons. The summed E-state index contributed by atoms with van der Waals surface area (Å²) in [6.07, 6.45) is 0. The molecule has 6 nitrogen and oxygen atoms in total. The highest BCUT2D eigenvalue weighted by Gasteiger charge is 2.40. The molecule has 0 aliphatic carbocycles. The molecule has 47 heteroatoms. The fourth-order valence-corrected chi connectivity index (χ4v) is 8.61. The molecular weight excluding hydrogens is 1650 g/mol. The second-order valence-corrected chi connectivity index (χ2v) is 20.8. The molecule has 0 atom stereocenters. The van der Waals surface area contributed by atoms with Crippen molar-refractivity contribution in [1.29, 1.82) is 0 Å². The summed E-state index contributed by atoms with van der Waals surface area (Å²) in [5.41, 5.74) is -18.1. The molecule has 0 spiro atoms. The first-order valence-electron chi connectivity index (χ1n) is 30.5. The molecule has 0 aliphatic rings. The molecule has 8 rings (SSSR count). The van der Waals surface area contributed by atoms with Gasteiger partial charge in [0.2, 0.25) is 46.5 Å². The van der Waals surface area contributed by atoms with E-state index >= 15 is 0 Å². The van der Waals surface area contributed by atoms with Gasteiger partial charge in [0.1, 0.15) is 0 Å². The van der Waals surface area contributed by atoms with Gasteiger partial charge in [-0.25, -0.2) is 176 Å². The lowest BCUT2D eigenvalue weighted by atomic mass is 10.0. The largest absolute Gasteiger partial charge is 0.631 e. The number of halogens is 40. The van der Waals surface area contributed by atoms with Crippen molar-refractivity contribution in [3.8, 4) is 44.5 Å². The van der Waals surface area contributed by atoms with Crippen LogP contribution in [-0.4, -0.2) is 96.0 Å². The summed E-state index contributed by atoms with van der Waals surface area (Å²) >= 11 is 0. The summed E-state index contributed by atoms with van der Waals surface area (Å²) in [6.45, 7) is 30.4. The molecule has 8 aromatic rings. The zero-order valence-electron chi connectivity index (χ0n) is 57.7. The van der Waals surface area contributed by atoms with Gasteiger partial charge < -0.3 is 29.8 Å². The Bertz CT molecular complexity index is 3620. The number of benzene rings is 8. The van der Waals surface area contributed by atoms with Gasteiger partial charge in [0, 0.05) is 0 Å². The Morgan fingerprint density at radius 2 is 0.177 bits per heavy atom. The van der Waals surface area contributed by atoms with Crippen LogP contribution < -0.4 is 0 Å². The second-order valence-electron chi connectivity index (χ2n) is 20.8. The van der Waals surface area contributed by atoms with Crippen LogP contribution in [-0.2, 0) is 0 Å². The Hall–Kier alpha value is -9.22. The zero-order chi connectivity index (χ0) is 88.4. The first kappa shape index (κ1) is 102. The Labute approximate surface area is 610 Å². The van der Waals surface area contributed by atoms with Gasteiger partial charge in [0.25, 0.3) is 0 Å². The van der Waals surface area contributed by atoms with Crippen molar-refractivity contribution >= 4 is 7.32 Å². The van der Waals surface area contributed by atoms with Gasteiger partial charge in [-0.2, -0.15) is 0 Å². The minimum atomic E-state index is -2.68. The molecule has 0 fully saturated rings. The smallest absolute Gasteiger partial charge is 0.402 e. The monoisotopic (exact) mass is 1700 g/mol. The molecule has 0 saturated heterocycles. The molecule has 0 aromatic heterocycles. The maximum Gasteiger partial charge on any atom is 0.631 e. The normalized spacial score (nSPS) is 10.9. The highest BCUT2D eigenvalue weighted by atomic mass is 19.2. The predicted octanol–water partition coefficient (Wildman–Crippen LogP) is 21.0. The molecule has 3 N–H and O–H groups in total. The number of hydrogen-bond acceptors (Lipinski definition) is 6. The lowest BCUT2D eigenvalue weighted by Gasteiger charge is -2.13. The standard InChI is InChI=1S/4C12F10.3C6H15N.BH3O3/c4*13-3-1(4(14)8(18)11(21)7(3)17)2-5(15)9(19)12(22)10(20)6(2)16;3*1-4-7(5-2)6-3;2-1(3)4/h;;;;3*4-6H2,1-3H3;2-4H. The lowest BCUT2D eigenvalue weighted by molar-refractivity contribution is 0.278. The van der Waals surface area contributed by atoms with Crippen molar-refractivity contribution in [3.63, 3.8) is 0 Å². The van der Waals surface area contributed by atoms with Crippen molar-refractivity contribution in [2.45, 2.75) is 62.3 Å². The van der Waals surface area contributed by atoms with Crippen molar-refractivity contribution in [1.82, 2.24) is 14.7 Å². The van der Waals surface area contributed by atoms with Crippen LogP contribution in [0.15, 0.2) is 0 Å². The van der Waals surface area contributed by atoms with Crippen molar-refractivity contribution in [2.24, 2.45) is 0 Å². The molecule has 8 aromatic carbocycles. The summed E-state index contributed by atoms with van der Waals surface area (Å²) < 4.78 is 525. The van der Waals surface area contributed by atoms with E-state index < -0.39 is 285 Å². The SMILES string of the molecule is CCN(CC)CC.CCN(CC)CC.CCN(CC)CC.Fc1c(F)c(F)c(-c2c(F)c(F)c(F)c(F)c2F)c(F)c1F.Fc1c(F)c(F)c(-c2c(F)c(F)c(F)c(F)c2F)c(F)c1F.Fc1c(F)c(F)c(-c2c(F)c(F)c(F)c(F)c2F)c(F)c1F.Fc1c(F)c(F)c(-c2c(F)c(F)c(F)c(F)c2F)c(F)c1F.OB(O)O. The van der Waals surface area contributed by atoms with Crippen LogP contribution in [0.25, 0.3) is 44.5 Å². The maximum absolute atomic E-state index is 13.4. The van der Waals surface area contributed by atoms with E-state index in [9.17, 15) is 176 Å². The summed E-state index contributed by atoms with van der Waals surface area (Å²) in [5.74, 6) is -107. The third kappa shape index (κ3) is 22.2. The van der Waals surface area contributed by atoms with Gasteiger partial charge >= 0.3 is 7.32 Å². The van der Waals surface area contributed by atoms with Crippen LogP contribution in [0.2, 0.25) is 0 Å². The van der Waals surface area contributed by atoms with Crippen LogP contribution in [0.4, 0.5) is 176 Å². The Balaban J connectivity index is 0.000000683. The summed E-state index contributed by atoms with van der Waals surface area (Å²) in [4.78, 5) is 7.12. The minimum absolute atomic E-state index is 1.19. The van der Waals surface area contributed by atoms with Crippen LogP contribution in [0.3, 0.4) is 0 Å². The molecule has 113 heavy (non-hydrogen) atoms. The van der Waals surface area contributed by atoms with E-state index in [1.807, 2.05) is 0 Å². The first-order chi connectivity index (χ1) is 52.2. The average Bonchev–Trinajstić information content (AvgIpc) is 0.769. The Morgan fingerprint density at radius 3 is 0.212 bits per heavy atom. The third-order valence-electron chi connectivity index (χ3n) is 14.7. The fourth-order valence-electron chi connectivity index (χ4n) is 8.61. The van der Waals surface area contributed by atoms with E-state index in [-0.39, 0.29) is 0 Å². The van der Waals surface area contributed by atoms with E-state index in [4.69, 9.17) is 15.1 Å². The van der Waals surface area contributed by atoms with Gasteiger partial charge in [0.15, 0.2) is 186 Å². The number of nitrogens with zero attached hydrogens (tertiary/aromatic N) is 3. The van der Waals surface area contributed by atoms with Crippen molar-refractivity contribution in [3.05, 3.63) is 233 Å². The Kier molecular flexibility index (Phi) is 39.5. The fraction of sp³-hybridized carbons (Fsp3) is 0.273. The second kappa shape index (κ2) is 43.9. The van der Waals surface area contributed by atoms with E-state index in [1.165, 1.54) is 58.9 Å². The summed E-state index contributed by atoms with van der Waals surface area (Å²) in [7, 11) is -2.17. The van der Waals surface area contributed by atoms with Crippen LogP contribution in [0, 0.1) is 233 Å². The van der Waals surface area contributed by atoms with E-state index in [1.54, 1.807) is 0 Å². The highest BCUT2D eigenvalue weighted by Crippen LogP contribution is 2.42. The Morgan fingerprint density at radius 1 is 0.133 bits per heavy atom. The number of hydrogen-bond donors (Lipinski definition) is 3. The molecular formula is C66H48BF40N3O3.